The number of carbonyl (C=O) groups is 4. The number of rotatable bonds is 23. The quantitative estimate of drug-likeness (QED) is 0.138. The number of likely N-dealkylation sites (tertiary alicyclic amines) is 1. The molecule has 2 rings (SSSR count). The SMILES string of the molecule is CCC(C)C(C(CC(=O)N1CCCC1C(CC(=O)NCCC1=CCCC=C1)OC)OC)N(C)C(=O)CNC(=O)C(C(C)C)N(C)CCCNC. The number of hydrogen-bond donors (Lipinski definition) is 3. The van der Waals surface area contributed by atoms with E-state index < -0.39 is 12.2 Å². The van der Waals surface area contributed by atoms with Crippen LogP contribution in [0.25, 0.3) is 0 Å². The van der Waals surface area contributed by atoms with E-state index in [1.807, 2.05) is 37.7 Å². The second-order valence-electron chi connectivity index (χ2n) is 14.3. The molecule has 1 aliphatic carbocycles. The van der Waals surface area contributed by atoms with Gasteiger partial charge in [-0.2, -0.15) is 0 Å². The fourth-order valence-electron chi connectivity index (χ4n) is 7.41. The molecule has 6 unspecified atom stereocenters. The molecule has 50 heavy (non-hydrogen) atoms. The molecule has 0 saturated carbocycles. The van der Waals surface area contributed by atoms with Crippen molar-refractivity contribution in [2.45, 2.75) is 116 Å². The molecule has 1 saturated heterocycles. The van der Waals surface area contributed by atoms with Gasteiger partial charge < -0.3 is 35.2 Å². The number of amides is 4. The fourth-order valence-corrected chi connectivity index (χ4v) is 7.41. The average Bonchev–Trinajstić information content (AvgIpc) is 3.59. The summed E-state index contributed by atoms with van der Waals surface area (Å²) in [5, 5.41) is 9.04. The van der Waals surface area contributed by atoms with Gasteiger partial charge in [-0.3, -0.25) is 24.1 Å². The Balaban J connectivity index is 2.04. The summed E-state index contributed by atoms with van der Waals surface area (Å²) in [6.07, 6.45) is 11.9. The summed E-state index contributed by atoms with van der Waals surface area (Å²) in [5.41, 5.74) is 1.24. The van der Waals surface area contributed by atoms with Crippen LogP contribution >= 0.6 is 0 Å². The van der Waals surface area contributed by atoms with Crippen molar-refractivity contribution < 1.29 is 28.7 Å². The van der Waals surface area contributed by atoms with Crippen LogP contribution in [0.3, 0.4) is 0 Å². The summed E-state index contributed by atoms with van der Waals surface area (Å²) < 4.78 is 11.7. The van der Waals surface area contributed by atoms with Crippen molar-refractivity contribution >= 4 is 23.6 Å². The number of hydrogen-bond acceptors (Lipinski definition) is 8. The van der Waals surface area contributed by atoms with Crippen LogP contribution in [-0.2, 0) is 28.7 Å². The lowest BCUT2D eigenvalue weighted by Crippen LogP contribution is -2.55. The zero-order chi connectivity index (χ0) is 37.2. The van der Waals surface area contributed by atoms with E-state index in [9.17, 15) is 19.2 Å². The van der Waals surface area contributed by atoms with Crippen LogP contribution in [0.4, 0.5) is 0 Å². The maximum absolute atomic E-state index is 13.9. The van der Waals surface area contributed by atoms with E-state index in [4.69, 9.17) is 9.47 Å². The standard InChI is InChI=1S/C38H68N6O6/c1-10-28(4)37(43(7)35(47)26-41-38(48)36(27(2)3)42(6)22-15-20-39-5)32(50-9)25-34(46)44-23-14-18-30(44)31(49-8)24-33(45)40-21-19-29-16-12-11-13-17-29/h12,16-17,27-28,30-32,36-37,39H,10-11,13-15,18-26H2,1-9H3,(H,40,45)(H,41,48). The Morgan fingerprint density at radius 2 is 1.76 bits per heavy atom. The van der Waals surface area contributed by atoms with E-state index in [0.29, 0.717) is 13.1 Å². The molecule has 0 bridgehead atoms. The highest BCUT2D eigenvalue weighted by molar-refractivity contribution is 5.87. The smallest absolute Gasteiger partial charge is 0.242 e. The van der Waals surface area contributed by atoms with Crippen LogP contribution in [-0.4, -0.2) is 137 Å². The highest BCUT2D eigenvalue weighted by atomic mass is 16.5. The molecule has 0 aromatic carbocycles. The lowest BCUT2D eigenvalue weighted by Gasteiger charge is -2.39. The van der Waals surface area contributed by atoms with Gasteiger partial charge in [0.2, 0.25) is 23.6 Å². The Morgan fingerprint density at radius 1 is 1.02 bits per heavy atom. The summed E-state index contributed by atoms with van der Waals surface area (Å²) in [5.74, 6) is -0.477. The predicted molar refractivity (Wildman–Crippen MR) is 198 cm³/mol. The number of methoxy groups -OCH3 is 2. The number of allylic oxidation sites excluding steroid dienone is 3. The molecule has 6 atom stereocenters. The van der Waals surface area contributed by atoms with Gasteiger partial charge in [-0.25, -0.2) is 0 Å². The van der Waals surface area contributed by atoms with Crippen molar-refractivity contribution in [3.05, 3.63) is 23.8 Å². The molecular formula is C38H68N6O6. The lowest BCUT2D eigenvalue weighted by atomic mass is 9.90. The van der Waals surface area contributed by atoms with Gasteiger partial charge >= 0.3 is 0 Å². The Labute approximate surface area is 302 Å². The van der Waals surface area contributed by atoms with E-state index in [2.05, 4.69) is 48.0 Å². The molecule has 2 aliphatic rings. The van der Waals surface area contributed by atoms with E-state index in [0.717, 1.165) is 58.0 Å². The molecule has 1 heterocycles. The topological polar surface area (TPSA) is 133 Å². The number of likely N-dealkylation sites (N-methyl/N-ethyl adjacent to an activating group) is 2. The van der Waals surface area contributed by atoms with Crippen molar-refractivity contribution in [3.63, 3.8) is 0 Å². The van der Waals surface area contributed by atoms with Gasteiger partial charge in [0.25, 0.3) is 0 Å². The Morgan fingerprint density at radius 3 is 2.36 bits per heavy atom. The number of nitrogens with zero attached hydrogens (tertiary/aromatic N) is 3. The maximum atomic E-state index is 13.9. The van der Waals surface area contributed by atoms with Crippen molar-refractivity contribution in [2.75, 3.05) is 68.1 Å². The second kappa shape index (κ2) is 22.9. The van der Waals surface area contributed by atoms with Gasteiger partial charge in [-0.05, 0) is 77.5 Å². The van der Waals surface area contributed by atoms with Crippen LogP contribution in [0.15, 0.2) is 23.8 Å². The number of ether oxygens (including phenoxy) is 2. The Bertz CT molecular complexity index is 1130. The Hall–Kier alpha value is -2.80. The van der Waals surface area contributed by atoms with Gasteiger partial charge in [0, 0.05) is 34.4 Å². The first-order valence-corrected chi connectivity index (χ1v) is 18.7. The van der Waals surface area contributed by atoms with Crippen LogP contribution in [0.1, 0.15) is 85.5 Å². The minimum Gasteiger partial charge on any atom is -0.379 e. The van der Waals surface area contributed by atoms with Gasteiger partial charge in [-0.15, -0.1) is 0 Å². The van der Waals surface area contributed by atoms with Gasteiger partial charge in [0.15, 0.2) is 0 Å². The van der Waals surface area contributed by atoms with Crippen LogP contribution in [0, 0.1) is 11.8 Å². The zero-order valence-corrected chi connectivity index (χ0v) is 32.5. The first-order valence-electron chi connectivity index (χ1n) is 18.7. The summed E-state index contributed by atoms with van der Waals surface area (Å²) in [7, 11) is 8.75. The van der Waals surface area contributed by atoms with Crippen molar-refractivity contribution in [3.8, 4) is 0 Å². The van der Waals surface area contributed by atoms with E-state index in [1.54, 1.807) is 26.2 Å². The third kappa shape index (κ3) is 13.4. The molecule has 12 heteroatoms. The second-order valence-corrected chi connectivity index (χ2v) is 14.3. The minimum atomic E-state index is -0.558. The molecule has 1 aliphatic heterocycles. The highest BCUT2D eigenvalue weighted by Crippen LogP contribution is 2.28. The van der Waals surface area contributed by atoms with Crippen molar-refractivity contribution in [1.29, 1.82) is 0 Å². The summed E-state index contributed by atoms with van der Waals surface area (Å²) in [6, 6.07) is -0.962. The lowest BCUT2D eigenvalue weighted by molar-refractivity contribution is -0.144. The zero-order valence-electron chi connectivity index (χ0n) is 32.5. The summed E-state index contributed by atoms with van der Waals surface area (Å²) in [4.78, 5) is 59.1. The molecule has 4 amide bonds. The van der Waals surface area contributed by atoms with Crippen LogP contribution < -0.4 is 16.0 Å². The maximum Gasteiger partial charge on any atom is 0.242 e. The first-order chi connectivity index (χ1) is 23.9. The summed E-state index contributed by atoms with van der Waals surface area (Å²) in [6.45, 7) is 10.8. The molecule has 0 radical (unpaired) electrons. The molecular weight excluding hydrogens is 636 g/mol. The van der Waals surface area contributed by atoms with E-state index in [1.165, 1.54) is 5.57 Å². The van der Waals surface area contributed by atoms with Crippen molar-refractivity contribution in [2.24, 2.45) is 11.8 Å². The normalized spacial score (nSPS) is 19.1. The molecule has 0 aromatic heterocycles. The molecule has 3 N–H and O–H groups in total. The molecule has 12 nitrogen and oxygen atoms in total. The average molecular weight is 705 g/mol. The van der Waals surface area contributed by atoms with Gasteiger partial charge in [-0.1, -0.05) is 57.9 Å². The monoisotopic (exact) mass is 705 g/mol. The van der Waals surface area contributed by atoms with E-state index >= 15 is 0 Å². The van der Waals surface area contributed by atoms with Gasteiger partial charge in [0.1, 0.15) is 0 Å². The Kier molecular flexibility index (Phi) is 19.9. The third-order valence-electron chi connectivity index (χ3n) is 10.4. The molecule has 0 aromatic rings. The third-order valence-corrected chi connectivity index (χ3v) is 10.4. The van der Waals surface area contributed by atoms with Crippen LogP contribution in [0.5, 0.6) is 0 Å². The van der Waals surface area contributed by atoms with E-state index in [-0.39, 0.29) is 73.0 Å². The van der Waals surface area contributed by atoms with Crippen molar-refractivity contribution in [1.82, 2.24) is 30.7 Å². The van der Waals surface area contributed by atoms with Gasteiger partial charge in [0.05, 0.1) is 49.7 Å². The van der Waals surface area contributed by atoms with Crippen LogP contribution in [0.2, 0.25) is 0 Å². The first kappa shape index (κ1) is 43.4. The molecule has 286 valence electrons. The minimum absolute atomic E-state index is 0.0313. The predicted octanol–water partition coefficient (Wildman–Crippen LogP) is 3.13. The molecule has 1 fully saturated rings. The number of nitrogens with one attached hydrogen (secondary N) is 3. The molecule has 0 spiro atoms. The largest absolute Gasteiger partial charge is 0.379 e. The summed E-state index contributed by atoms with van der Waals surface area (Å²) >= 11 is 0. The highest BCUT2D eigenvalue weighted by Gasteiger charge is 2.40. The number of carbonyl (C=O) groups excluding carboxylic acids is 4. The fraction of sp³-hybridized carbons (Fsp3) is 0.789.